The molecule has 0 heterocycles. The molecule has 0 fully saturated rings. The Labute approximate surface area is 130 Å². The Hall–Kier alpha value is -0.690. The Morgan fingerprint density at radius 2 is 1.74 bits per heavy atom. The van der Waals surface area contributed by atoms with Crippen LogP contribution in [-0.4, -0.2) is 0 Å². The summed E-state index contributed by atoms with van der Waals surface area (Å²) in [4.78, 5) is 0. The van der Waals surface area contributed by atoms with Gasteiger partial charge in [0.2, 0.25) is 0 Å². The van der Waals surface area contributed by atoms with E-state index in [1.165, 1.54) is 36.0 Å². The molecule has 0 nitrogen and oxygen atoms in total. The maximum absolute atomic E-state index is 6.13. The number of rotatable bonds is 1. The summed E-state index contributed by atoms with van der Waals surface area (Å²) < 4.78 is 0. The van der Waals surface area contributed by atoms with Gasteiger partial charge in [0.05, 0.1) is 10.0 Å². The van der Waals surface area contributed by atoms with Gasteiger partial charge in [0.1, 0.15) is 0 Å². The van der Waals surface area contributed by atoms with Gasteiger partial charge < -0.3 is 0 Å². The van der Waals surface area contributed by atoms with Crippen molar-refractivity contribution in [2.45, 2.75) is 25.2 Å². The number of hydrogen-bond acceptors (Lipinski definition) is 0. The summed E-state index contributed by atoms with van der Waals surface area (Å²) in [7, 11) is 0. The van der Waals surface area contributed by atoms with Crippen molar-refractivity contribution in [3.05, 3.63) is 69.2 Å². The Kier molecular flexibility index (Phi) is 4.78. The molecule has 0 amide bonds. The molecule has 1 unspecified atom stereocenters. The van der Waals surface area contributed by atoms with E-state index < -0.39 is 0 Å². The number of halogens is 3. The van der Waals surface area contributed by atoms with Gasteiger partial charge in [0.15, 0.2) is 0 Å². The quantitative estimate of drug-likeness (QED) is 0.616. The molecule has 0 N–H and O–H groups in total. The molecule has 0 bridgehead atoms. The molecule has 0 spiro atoms. The van der Waals surface area contributed by atoms with Gasteiger partial charge >= 0.3 is 0 Å². The highest BCUT2D eigenvalue weighted by molar-refractivity contribution is 6.42. The lowest BCUT2D eigenvalue weighted by Gasteiger charge is -2.26. The first-order valence-corrected chi connectivity index (χ1v) is 7.04. The first-order chi connectivity index (χ1) is 8.75. The summed E-state index contributed by atoms with van der Waals surface area (Å²) in [6.45, 7) is 0. The molecule has 0 aromatic heterocycles. The van der Waals surface area contributed by atoms with Crippen molar-refractivity contribution in [3.63, 3.8) is 0 Å². The van der Waals surface area contributed by atoms with E-state index in [4.69, 9.17) is 23.2 Å². The molecule has 0 radical (unpaired) electrons. The lowest BCUT2D eigenvalue weighted by Crippen LogP contribution is -2.10. The second-order valence-corrected chi connectivity index (χ2v) is 5.63. The van der Waals surface area contributed by atoms with Crippen molar-refractivity contribution in [1.82, 2.24) is 0 Å². The average Bonchev–Trinajstić information content (AvgIpc) is 2.41. The number of fused-ring (bicyclic) bond motifs is 1. The standard InChI is InChI=1S/C16H14Cl2.ClH/c17-15-9-8-12(10-16(15)18)14-7-3-5-11-4-1-2-6-13(11)14;/h1-2,4,6,8-10,14H,3,5,7H2;1H. The van der Waals surface area contributed by atoms with Crippen molar-refractivity contribution in [1.29, 1.82) is 0 Å². The molecule has 100 valence electrons. The van der Waals surface area contributed by atoms with E-state index in [1.807, 2.05) is 12.1 Å². The van der Waals surface area contributed by atoms with E-state index in [1.54, 1.807) is 0 Å². The second kappa shape index (κ2) is 6.17. The molecule has 3 rings (SSSR count). The van der Waals surface area contributed by atoms with Gasteiger partial charge in [-0.05, 0) is 48.1 Å². The van der Waals surface area contributed by atoms with Crippen molar-refractivity contribution >= 4 is 35.6 Å². The molecule has 1 atom stereocenters. The van der Waals surface area contributed by atoms with Gasteiger partial charge in [-0.1, -0.05) is 53.5 Å². The van der Waals surface area contributed by atoms with Gasteiger partial charge in [0.25, 0.3) is 0 Å². The zero-order valence-electron chi connectivity index (χ0n) is 10.4. The average molecular weight is 314 g/mol. The van der Waals surface area contributed by atoms with Crippen LogP contribution in [-0.2, 0) is 6.42 Å². The topological polar surface area (TPSA) is 0 Å². The minimum absolute atomic E-state index is 0. The van der Waals surface area contributed by atoms with Crippen LogP contribution in [0.5, 0.6) is 0 Å². The summed E-state index contributed by atoms with van der Waals surface area (Å²) in [6.07, 6.45) is 3.62. The smallest absolute Gasteiger partial charge is 0.0595 e. The fourth-order valence-corrected chi connectivity index (χ4v) is 3.14. The minimum Gasteiger partial charge on any atom is -0.147 e. The van der Waals surface area contributed by atoms with Crippen molar-refractivity contribution in [3.8, 4) is 0 Å². The Balaban J connectivity index is 0.00000133. The highest BCUT2D eigenvalue weighted by atomic mass is 35.5. The summed E-state index contributed by atoms with van der Waals surface area (Å²) in [5, 5.41) is 1.28. The molecule has 2 aromatic rings. The van der Waals surface area contributed by atoms with E-state index in [0.717, 1.165) is 0 Å². The largest absolute Gasteiger partial charge is 0.147 e. The van der Waals surface area contributed by atoms with Gasteiger partial charge in [0, 0.05) is 5.92 Å². The third kappa shape index (κ3) is 2.91. The normalized spacial score (nSPS) is 17.5. The third-order valence-corrected chi connectivity index (χ3v) is 4.45. The zero-order chi connectivity index (χ0) is 12.5. The fraction of sp³-hybridized carbons (Fsp3) is 0.250. The molecule has 2 aromatic carbocycles. The monoisotopic (exact) mass is 312 g/mol. The molecular weight excluding hydrogens is 299 g/mol. The molecule has 0 saturated heterocycles. The van der Waals surface area contributed by atoms with Crippen LogP contribution in [0.15, 0.2) is 42.5 Å². The number of benzene rings is 2. The maximum atomic E-state index is 6.13. The first-order valence-electron chi connectivity index (χ1n) is 6.28. The van der Waals surface area contributed by atoms with Crippen molar-refractivity contribution in [2.75, 3.05) is 0 Å². The van der Waals surface area contributed by atoms with Crippen LogP contribution < -0.4 is 0 Å². The Morgan fingerprint density at radius 3 is 2.53 bits per heavy atom. The Morgan fingerprint density at radius 1 is 0.947 bits per heavy atom. The molecule has 0 aliphatic heterocycles. The van der Waals surface area contributed by atoms with Crippen molar-refractivity contribution in [2.24, 2.45) is 0 Å². The molecule has 3 heteroatoms. The SMILES string of the molecule is Cl.Clc1ccc(C2CCCc3ccccc32)cc1Cl. The lowest BCUT2D eigenvalue weighted by atomic mass is 9.79. The third-order valence-electron chi connectivity index (χ3n) is 3.72. The van der Waals surface area contributed by atoms with Crippen LogP contribution in [0.25, 0.3) is 0 Å². The molecule has 1 aliphatic carbocycles. The van der Waals surface area contributed by atoms with Crippen molar-refractivity contribution < 1.29 is 0 Å². The predicted molar refractivity (Wildman–Crippen MR) is 84.9 cm³/mol. The van der Waals surface area contributed by atoms with Crippen LogP contribution in [0.4, 0.5) is 0 Å². The summed E-state index contributed by atoms with van der Waals surface area (Å²) in [5.41, 5.74) is 4.19. The summed E-state index contributed by atoms with van der Waals surface area (Å²) in [5.74, 6) is 0.463. The van der Waals surface area contributed by atoms with Crippen LogP contribution >= 0.6 is 35.6 Å². The zero-order valence-corrected chi connectivity index (χ0v) is 12.7. The lowest BCUT2D eigenvalue weighted by molar-refractivity contribution is 0.616. The number of aryl methyl sites for hydroxylation is 1. The van der Waals surface area contributed by atoms with Gasteiger partial charge in [-0.25, -0.2) is 0 Å². The first kappa shape index (κ1) is 14.7. The molecule has 19 heavy (non-hydrogen) atoms. The highest BCUT2D eigenvalue weighted by Gasteiger charge is 2.21. The highest BCUT2D eigenvalue weighted by Crippen LogP contribution is 2.38. The van der Waals surface area contributed by atoms with E-state index >= 15 is 0 Å². The van der Waals surface area contributed by atoms with Crippen LogP contribution in [0.3, 0.4) is 0 Å². The van der Waals surface area contributed by atoms with E-state index in [2.05, 4.69) is 30.3 Å². The molecule has 0 saturated carbocycles. The van der Waals surface area contributed by atoms with Gasteiger partial charge in [-0.3, -0.25) is 0 Å². The number of hydrogen-bond donors (Lipinski definition) is 0. The minimum atomic E-state index is 0. The maximum Gasteiger partial charge on any atom is 0.0595 e. The van der Waals surface area contributed by atoms with E-state index in [-0.39, 0.29) is 12.4 Å². The molecular formula is C16H15Cl3. The fourth-order valence-electron chi connectivity index (χ4n) is 2.83. The Bertz CT molecular complexity index is 578. The van der Waals surface area contributed by atoms with Gasteiger partial charge in [-0.2, -0.15) is 0 Å². The van der Waals surface area contributed by atoms with Gasteiger partial charge in [-0.15, -0.1) is 12.4 Å². The van der Waals surface area contributed by atoms with E-state index in [0.29, 0.717) is 16.0 Å². The molecule has 1 aliphatic rings. The predicted octanol–water partition coefficient (Wildman–Crippen LogP) is 5.88. The van der Waals surface area contributed by atoms with Crippen LogP contribution in [0.1, 0.15) is 35.4 Å². The van der Waals surface area contributed by atoms with E-state index in [9.17, 15) is 0 Å². The van der Waals surface area contributed by atoms with Crippen LogP contribution in [0, 0.1) is 0 Å². The summed E-state index contributed by atoms with van der Waals surface area (Å²) >= 11 is 12.1. The second-order valence-electron chi connectivity index (χ2n) is 4.82. The van der Waals surface area contributed by atoms with Crippen LogP contribution in [0.2, 0.25) is 10.0 Å². The summed E-state index contributed by atoms with van der Waals surface area (Å²) in [6, 6.07) is 14.7.